The number of hydrogen-bond donors (Lipinski definition) is 0. The monoisotopic (exact) mass is 294 g/mol. The zero-order valence-corrected chi connectivity index (χ0v) is 13.5. The summed E-state index contributed by atoms with van der Waals surface area (Å²) in [6.45, 7) is 3.43. The molecule has 0 saturated heterocycles. The van der Waals surface area contributed by atoms with Crippen molar-refractivity contribution in [2.45, 2.75) is 26.6 Å². The summed E-state index contributed by atoms with van der Waals surface area (Å²) in [6.07, 6.45) is 1.04. The first-order chi connectivity index (χ1) is 10.8. The minimum Gasteiger partial charge on any atom is -0.380 e. The predicted molar refractivity (Wildman–Crippen MR) is 92.3 cm³/mol. The van der Waals surface area contributed by atoms with E-state index in [0.717, 1.165) is 6.42 Å². The van der Waals surface area contributed by atoms with Gasteiger partial charge in [0.1, 0.15) is 0 Å². The van der Waals surface area contributed by atoms with Crippen LogP contribution in [0.3, 0.4) is 0 Å². The molecule has 0 saturated carbocycles. The van der Waals surface area contributed by atoms with Crippen LogP contribution in [0.1, 0.15) is 23.6 Å². The van der Waals surface area contributed by atoms with Crippen LogP contribution in [-0.2, 0) is 29.1 Å². The SMILES string of the molecule is CCc1ccc2c(COC)c3ccccc3c(COC)c2c1. The molecular formula is C20H22O2. The number of fused-ring (bicyclic) bond motifs is 2. The van der Waals surface area contributed by atoms with Gasteiger partial charge in [0.15, 0.2) is 0 Å². The highest BCUT2D eigenvalue weighted by Gasteiger charge is 2.13. The first-order valence-corrected chi connectivity index (χ1v) is 7.73. The van der Waals surface area contributed by atoms with Gasteiger partial charge >= 0.3 is 0 Å². The minimum absolute atomic E-state index is 0.621. The third-order valence-corrected chi connectivity index (χ3v) is 4.30. The summed E-state index contributed by atoms with van der Waals surface area (Å²) in [6, 6.07) is 15.3. The third-order valence-electron chi connectivity index (χ3n) is 4.30. The minimum atomic E-state index is 0.621. The maximum absolute atomic E-state index is 5.49. The fraction of sp³-hybridized carbons (Fsp3) is 0.300. The van der Waals surface area contributed by atoms with Crippen LogP contribution < -0.4 is 0 Å². The van der Waals surface area contributed by atoms with Crippen molar-refractivity contribution < 1.29 is 9.47 Å². The zero-order valence-electron chi connectivity index (χ0n) is 13.5. The highest BCUT2D eigenvalue weighted by atomic mass is 16.5. The maximum atomic E-state index is 5.49. The molecule has 0 atom stereocenters. The fourth-order valence-corrected chi connectivity index (χ4v) is 3.22. The highest BCUT2D eigenvalue weighted by Crippen LogP contribution is 2.34. The van der Waals surface area contributed by atoms with Gasteiger partial charge in [-0.1, -0.05) is 49.4 Å². The van der Waals surface area contributed by atoms with Crippen LogP contribution >= 0.6 is 0 Å². The molecule has 3 aromatic carbocycles. The summed E-state index contributed by atoms with van der Waals surface area (Å²) in [5.41, 5.74) is 3.88. The summed E-state index contributed by atoms with van der Waals surface area (Å²) in [5, 5.41) is 5.07. The Morgan fingerprint density at radius 2 is 1.27 bits per heavy atom. The molecule has 0 N–H and O–H groups in total. The molecule has 0 heterocycles. The van der Waals surface area contributed by atoms with Crippen LogP contribution in [0, 0.1) is 0 Å². The lowest BCUT2D eigenvalue weighted by Gasteiger charge is -2.17. The van der Waals surface area contributed by atoms with Gasteiger partial charge in [-0.25, -0.2) is 0 Å². The number of hydrogen-bond acceptors (Lipinski definition) is 2. The van der Waals surface area contributed by atoms with Gasteiger partial charge in [0.05, 0.1) is 13.2 Å². The normalized spacial score (nSPS) is 11.4. The van der Waals surface area contributed by atoms with Crippen LogP contribution in [0.25, 0.3) is 21.5 Å². The van der Waals surface area contributed by atoms with Gasteiger partial charge in [-0.3, -0.25) is 0 Å². The van der Waals surface area contributed by atoms with Gasteiger partial charge in [0.2, 0.25) is 0 Å². The van der Waals surface area contributed by atoms with Crippen LogP contribution in [0.15, 0.2) is 42.5 Å². The molecule has 0 fully saturated rings. The number of aryl methyl sites for hydroxylation is 1. The molecular weight excluding hydrogens is 272 g/mol. The average molecular weight is 294 g/mol. The van der Waals surface area contributed by atoms with Crippen molar-refractivity contribution in [1.82, 2.24) is 0 Å². The van der Waals surface area contributed by atoms with Crippen molar-refractivity contribution in [3.8, 4) is 0 Å². The van der Waals surface area contributed by atoms with Crippen molar-refractivity contribution >= 4 is 21.5 Å². The fourth-order valence-electron chi connectivity index (χ4n) is 3.22. The second kappa shape index (κ2) is 6.47. The van der Waals surface area contributed by atoms with Crippen LogP contribution in [0.2, 0.25) is 0 Å². The van der Waals surface area contributed by atoms with Crippen molar-refractivity contribution in [3.05, 3.63) is 59.2 Å². The maximum Gasteiger partial charge on any atom is 0.0725 e. The van der Waals surface area contributed by atoms with Crippen molar-refractivity contribution in [1.29, 1.82) is 0 Å². The van der Waals surface area contributed by atoms with Crippen molar-refractivity contribution in [2.75, 3.05) is 14.2 Å². The second-order valence-corrected chi connectivity index (χ2v) is 5.60. The van der Waals surface area contributed by atoms with E-state index in [1.54, 1.807) is 14.2 Å². The smallest absolute Gasteiger partial charge is 0.0725 e. The molecule has 0 aliphatic heterocycles. The Kier molecular flexibility index (Phi) is 4.41. The Morgan fingerprint density at radius 3 is 1.82 bits per heavy atom. The molecule has 2 heteroatoms. The van der Waals surface area contributed by atoms with E-state index in [-0.39, 0.29) is 0 Å². The molecule has 0 radical (unpaired) electrons. The molecule has 0 spiro atoms. The Hall–Kier alpha value is -1.90. The summed E-state index contributed by atoms with van der Waals surface area (Å²) >= 11 is 0. The number of ether oxygens (including phenoxy) is 2. The van der Waals surface area contributed by atoms with Crippen LogP contribution in [0.4, 0.5) is 0 Å². The topological polar surface area (TPSA) is 18.5 Å². The van der Waals surface area contributed by atoms with E-state index in [0.29, 0.717) is 13.2 Å². The lowest BCUT2D eigenvalue weighted by Crippen LogP contribution is -1.99. The number of rotatable bonds is 5. The van der Waals surface area contributed by atoms with Gasteiger partial charge in [0.25, 0.3) is 0 Å². The third kappa shape index (κ3) is 2.49. The Bertz CT molecular complexity index is 806. The quantitative estimate of drug-likeness (QED) is 0.626. The lowest BCUT2D eigenvalue weighted by molar-refractivity contribution is 0.185. The van der Waals surface area contributed by atoms with E-state index >= 15 is 0 Å². The van der Waals surface area contributed by atoms with E-state index < -0.39 is 0 Å². The average Bonchev–Trinajstić information content (AvgIpc) is 2.57. The lowest BCUT2D eigenvalue weighted by atomic mass is 9.91. The molecule has 114 valence electrons. The summed E-state index contributed by atoms with van der Waals surface area (Å²) < 4.78 is 11.0. The molecule has 0 unspecified atom stereocenters. The first-order valence-electron chi connectivity index (χ1n) is 7.73. The standard InChI is InChI=1S/C20H22O2/c1-4-14-9-10-17-18(11-14)20(13-22-3)16-8-6-5-7-15(16)19(17)12-21-2/h5-11H,4,12-13H2,1-3H3. The second-order valence-electron chi connectivity index (χ2n) is 5.60. The first kappa shape index (κ1) is 15.0. The van der Waals surface area contributed by atoms with E-state index in [1.807, 2.05) is 0 Å². The van der Waals surface area contributed by atoms with Crippen LogP contribution in [0.5, 0.6) is 0 Å². The summed E-state index contributed by atoms with van der Waals surface area (Å²) in [4.78, 5) is 0. The molecule has 0 bridgehead atoms. The number of methoxy groups -OCH3 is 2. The Morgan fingerprint density at radius 1 is 0.727 bits per heavy atom. The molecule has 0 amide bonds. The van der Waals surface area contributed by atoms with E-state index in [4.69, 9.17) is 9.47 Å². The molecule has 3 rings (SSSR count). The Labute approximate surface area is 131 Å². The largest absolute Gasteiger partial charge is 0.380 e. The molecule has 3 aromatic rings. The molecule has 0 aromatic heterocycles. The molecule has 2 nitrogen and oxygen atoms in total. The summed E-state index contributed by atoms with van der Waals surface area (Å²) in [5.74, 6) is 0. The van der Waals surface area contributed by atoms with Crippen molar-refractivity contribution in [3.63, 3.8) is 0 Å². The number of benzene rings is 3. The van der Waals surface area contributed by atoms with Crippen molar-refractivity contribution in [2.24, 2.45) is 0 Å². The van der Waals surface area contributed by atoms with E-state index in [9.17, 15) is 0 Å². The van der Waals surface area contributed by atoms with E-state index in [1.165, 1.54) is 38.2 Å². The van der Waals surface area contributed by atoms with Gasteiger partial charge in [-0.15, -0.1) is 0 Å². The van der Waals surface area contributed by atoms with E-state index in [2.05, 4.69) is 49.4 Å². The summed E-state index contributed by atoms with van der Waals surface area (Å²) in [7, 11) is 3.51. The highest BCUT2D eigenvalue weighted by molar-refractivity contribution is 6.05. The Balaban J connectivity index is 2.46. The van der Waals surface area contributed by atoms with Gasteiger partial charge in [-0.05, 0) is 44.7 Å². The molecule has 22 heavy (non-hydrogen) atoms. The van der Waals surface area contributed by atoms with Crippen LogP contribution in [-0.4, -0.2) is 14.2 Å². The zero-order chi connectivity index (χ0) is 15.5. The molecule has 0 aliphatic rings. The molecule has 0 aliphatic carbocycles. The van der Waals surface area contributed by atoms with Gasteiger partial charge in [0, 0.05) is 14.2 Å². The predicted octanol–water partition coefficient (Wildman–Crippen LogP) is 4.85. The van der Waals surface area contributed by atoms with Gasteiger partial charge in [-0.2, -0.15) is 0 Å². The van der Waals surface area contributed by atoms with Gasteiger partial charge < -0.3 is 9.47 Å².